The Balaban J connectivity index is 1.69. The number of amides is 2. The normalized spacial score (nSPS) is 11.5. The van der Waals surface area contributed by atoms with Crippen molar-refractivity contribution in [3.05, 3.63) is 95.7 Å². The van der Waals surface area contributed by atoms with E-state index in [9.17, 15) is 19.5 Å². The molecule has 1 heterocycles. The minimum Gasteiger partial charge on any atom is -0.493 e. The maximum Gasteiger partial charge on any atom is 0.326 e. The number of fused-ring (bicyclic) bond motifs is 1. The molecule has 2 N–H and O–H groups in total. The number of aromatic hydroxyl groups is 1. The van der Waals surface area contributed by atoms with E-state index in [0.717, 1.165) is 5.69 Å². The summed E-state index contributed by atoms with van der Waals surface area (Å²) < 4.78 is 6.35. The third-order valence-corrected chi connectivity index (χ3v) is 5.99. The number of benzene rings is 3. The number of nitrogens with one attached hydrogen (secondary N) is 1. The molecule has 0 spiro atoms. The lowest BCUT2D eigenvalue weighted by molar-refractivity contribution is -0.143. The molecule has 0 radical (unpaired) electrons. The Morgan fingerprint density at radius 2 is 1.65 bits per heavy atom. The summed E-state index contributed by atoms with van der Waals surface area (Å²) in [4.78, 5) is 40.2. The van der Waals surface area contributed by atoms with Crippen LogP contribution in [0.3, 0.4) is 0 Å². The van der Waals surface area contributed by atoms with Crippen LogP contribution in [-0.4, -0.2) is 48.2 Å². The summed E-state index contributed by atoms with van der Waals surface area (Å²) in [5.41, 5.74) is 2.41. The van der Waals surface area contributed by atoms with Crippen molar-refractivity contribution in [2.24, 2.45) is 10.2 Å². The molecule has 3 aromatic carbocycles. The lowest BCUT2D eigenvalue weighted by Gasteiger charge is -2.12. The molecular weight excluding hydrogens is 510 g/mol. The van der Waals surface area contributed by atoms with Crippen LogP contribution < -0.4 is 10.2 Å². The van der Waals surface area contributed by atoms with Crippen molar-refractivity contribution < 1.29 is 24.2 Å². The van der Waals surface area contributed by atoms with Gasteiger partial charge in [-0.3, -0.25) is 19.0 Å². The number of ether oxygens (including phenoxy) is 1. The first-order valence-corrected chi connectivity index (χ1v) is 12.6. The zero-order valence-electron chi connectivity index (χ0n) is 22.4. The van der Waals surface area contributed by atoms with Gasteiger partial charge in [0.2, 0.25) is 5.88 Å². The lowest BCUT2D eigenvalue weighted by Crippen LogP contribution is -2.26. The van der Waals surface area contributed by atoms with E-state index in [0.29, 0.717) is 22.0 Å². The van der Waals surface area contributed by atoms with Gasteiger partial charge in [-0.1, -0.05) is 48.5 Å². The van der Waals surface area contributed by atoms with Crippen molar-refractivity contribution in [1.29, 1.82) is 0 Å². The summed E-state index contributed by atoms with van der Waals surface area (Å²) in [7, 11) is 3.83. The largest absolute Gasteiger partial charge is 0.493 e. The third kappa shape index (κ3) is 6.41. The Morgan fingerprint density at radius 3 is 2.33 bits per heavy atom. The van der Waals surface area contributed by atoms with Crippen molar-refractivity contribution in [3.63, 3.8) is 0 Å². The van der Waals surface area contributed by atoms with Gasteiger partial charge in [0.25, 0.3) is 5.91 Å². The minimum absolute atomic E-state index is 0.0114. The first-order valence-electron chi connectivity index (χ1n) is 12.6. The third-order valence-electron chi connectivity index (χ3n) is 5.99. The predicted octanol–water partition coefficient (Wildman–Crippen LogP) is 5.06. The second kappa shape index (κ2) is 12.5. The van der Waals surface area contributed by atoms with Crippen molar-refractivity contribution >= 4 is 46.1 Å². The van der Waals surface area contributed by atoms with Crippen LogP contribution in [0.2, 0.25) is 0 Å². The number of hydrogen-bond acceptors (Lipinski definition) is 7. The average molecular weight is 540 g/mol. The summed E-state index contributed by atoms with van der Waals surface area (Å²) in [5, 5.41) is 21.9. The molecule has 0 atom stereocenters. The zero-order chi connectivity index (χ0) is 28.6. The Bertz CT molecular complexity index is 1590. The van der Waals surface area contributed by atoms with E-state index in [1.807, 2.05) is 43.3 Å². The second-order valence-electron chi connectivity index (χ2n) is 8.95. The summed E-state index contributed by atoms with van der Waals surface area (Å²) in [6.07, 6.45) is 1.51. The van der Waals surface area contributed by atoms with Crippen molar-refractivity contribution in [2.45, 2.75) is 13.5 Å². The topological polar surface area (TPSA) is 126 Å². The highest BCUT2D eigenvalue weighted by Crippen LogP contribution is 2.38. The molecule has 1 aromatic heterocycles. The van der Waals surface area contributed by atoms with Gasteiger partial charge in [-0.25, -0.2) is 0 Å². The first kappa shape index (κ1) is 27.8. The maximum atomic E-state index is 13.3. The number of carbonyl (C=O) groups is 3. The molecule has 0 saturated carbocycles. The van der Waals surface area contributed by atoms with E-state index in [2.05, 4.69) is 15.5 Å². The molecule has 0 aliphatic rings. The maximum absolute atomic E-state index is 13.3. The van der Waals surface area contributed by atoms with Crippen molar-refractivity contribution in [3.8, 4) is 5.88 Å². The van der Waals surface area contributed by atoms with Crippen LogP contribution in [0.4, 0.5) is 11.4 Å². The molecule has 0 aliphatic carbocycles. The number of carbonyl (C=O) groups excluding carboxylic acids is 3. The van der Waals surface area contributed by atoms with Crippen LogP contribution in [0.1, 0.15) is 22.8 Å². The van der Waals surface area contributed by atoms with E-state index in [1.54, 1.807) is 61.5 Å². The van der Waals surface area contributed by atoms with Crippen LogP contribution in [0, 0.1) is 0 Å². The van der Waals surface area contributed by atoms with E-state index in [4.69, 9.17) is 4.74 Å². The fourth-order valence-corrected chi connectivity index (χ4v) is 3.99. The Labute approximate surface area is 231 Å². The fourth-order valence-electron chi connectivity index (χ4n) is 3.99. The number of para-hydroxylation sites is 1. The molecule has 0 fully saturated rings. The lowest BCUT2D eigenvalue weighted by atomic mass is 10.1. The molecular formula is C30H29N5O5. The van der Waals surface area contributed by atoms with E-state index in [-0.39, 0.29) is 30.4 Å². The van der Waals surface area contributed by atoms with Gasteiger partial charge in [0.15, 0.2) is 5.69 Å². The summed E-state index contributed by atoms with van der Waals surface area (Å²) in [5.74, 6) is -2.20. The molecule has 0 unspecified atom stereocenters. The SMILES string of the molecule is CCOC(=O)Cn1c(O)c(N=NC(=O)/C(=C\c2ccc(N(C)C)cc2)NC(=O)c2ccccc2)c2ccccc21. The molecule has 10 nitrogen and oxygen atoms in total. The van der Waals surface area contributed by atoms with Gasteiger partial charge in [-0.05, 0) is 48.9 Å². The molecule has 10 heteroatoms. The standard InChI is InChI=1S/C30H29N5O5/c1-4-40-26(36)19-35-25-13-9-8-12-23(25)27(30(35)39)32-33-29(38)24(31-28(37)21-10-6-5-7-11-21)18-20-14-16-22(17-15-20)34(2)3/h5-18,39H,4,19H2,1-3H3,(H,31,37)/b24-18+,33-32?. The second-order valence-corrected chi connectivity index (χ2v) is 8.95. The summed E-state index contributed by atoms with van der Waals surface area (Å²) >= 11 is 0. The average Bonchev–Trinajstić information content (AvgIpc) is 3.22. The molecule has 2 amide bonds. The predicted molar refractivity (Wildman–Crippen MR) is 152 cm³/mol. The van der Waals surface area contributed by atoms with Gasteiger partial charge < -0.3 is 20.1 Å². The van der Waals surface area contributed by atoms with Crippen LogP contribution in [-0.2, 0) is 20.9 Å². The Kier molecular flexibility index (Phi) is 8.70. The molecule has 0 bridgehead atoms. The molecule has 0 aliphatic heterocycles. The molecule has 4 rings (SSSR count). The molecule has 204 valence electrons. The Morgan fingerprint density at radius 1 is 0.975 bits per heavy atom. The number of rotatable bonds is 9. The van der Waals surface area contributed by atoms with Gasteiger partial charge >= 0.3 is 11.9 Å². The van der Waals surface area contributed by atoms with Crippen LogP contribution >= 0.6 is 0 Å². The van der Waals surface area contributed by atoms with Gasteiger partial charge in [-0.2, -0.15) is 0 Å². The number of esters is 1. The number of anilines is 1. The summed E-state index contributed by atoms with van der Waals surface area (Å²) in [6, 6.07) is 22.7. The quantitative estimate of drug-likeness (QED) is 0.174. The number of hydrogen-bond donors (Lipinski definition) is 2. The molecule has 40 heavy (non-hydrogen) atoms. The van der Waals surface area contributed by atoms with Crippen molar-refractivity contribution in [2.75, 3.05) is 25.6 Å². The van der Waals surface area contributed by atoms with Gasteiger partial charge in [0.1, 0.15) is 12.2 Å². The van der Waals surface area contributed by atoms with E-state index < -0.39 is 17.8 Å². The molecule has 4 aromatic rings. The van der Waals surface area contributed by atoms with E-state index >= 15 is 0 Å². The van der Waals surface area contributed by atoms with Crippen LogP contribution in [0.15, 0.2) is 94.8 Å². The number of aromatic nitrogens is 1. The zero-order valence-corrected chi connectivity index (χ0v) is 22.4. The highest BCUT2D eigenvalue weighted by Gasteiger charge is 2.20. The van der Waals surface area contributed by atoms with Gasteiger partial charge in [0, 0.05) is 30.7 Å². The minimum atomic E-state index is -0.831. The van der Waals surface area contributed by atoms with E-state index in [1.165, 1.54) is 10.6 Å². The van der Waals surface area contributed by atoms with Gasteiger partial charge in [-0.15, -0.1) is 10.2 Å². The van der Waals surface area contributed by atoms with Gasteiger partial charge in [0.05, 0.1) is 12.1 Å². The Hall–Kier alpha value is -5.25. The number of nitrogens with zero attached hydrogens (tertiary/aromatic N) is 4. The highest BCUT2D eigenvalue weighted by atomic mass is 16.5. The smallest absolute Gasteiger partial charge is 0.326 e. The monoisotopic (exact) mass is 539 g/mol. The fraction of sp³-hybridized carbons (Fsp3) is 0.167. The van der Waals surface area contributed by atoms with Crippen LogP contribution in [0.25, 0.3) is 17.0 Å². The highest BCUT2D eigenvalue weighted by molar-refractivity contribution is 6.06. The number of azo groups is 1. The van der Waals surface area contributed by atoms with Crippen LogP contribution in [0.5, 0.6) is 5.88 Å². The van der Waals surface area contributed by atoms with Crippen molar-refractivity contribution in [1.82, 2.24) is 9.88 Å². The molecule has 0 saturated heterocycles. The first-order chi connectivity index (χ1) is 19.3. The summed E-state index contributed by atoms with van der Waals surface area (Å²) in [6.45, 7) is 1.64.